The number of para-hydroxylation sites is 2. The molecule has 2 heterocycles. The quantitative estimate of drug-likeness (QED) is 0.278. The monoisotopic (exact) mass is 648 g/mol. The second-order valence-electron chi connectivity index (χ2n) is 10.8. The van der Waals surface area contributed by atoms with Crippen LogP contribution in [-0.2, 0) is 23.2 Å². The van der Waals surface area contributed by atoms with Gasteiger partial charge >= 0.3 is 242 Å². The summed E-state index contributed by atoms with van der Waals surface area (Å²) in [6.45, 7) is 4.44. The summed E-state index contributed by atoms with van der Waals surface area (Å²) in [6, 6.07) is 35.9. The predicted octanol–water partition coefficient (Wildman–Crippen LogP) is 3.12. The van der Waals surface area contributed by atoms with Crippen LogP contribution in [-0.4, -0.2) is 9.13 Å². The molecule has 2 aliphatic carbocycles. The van der Waals surface area contributed by atoms with Crippen molar-refractivity contribution in [3.05, 3.63) is 143 Å². The van der Waals surface area contributed by atoms with Gasteiger partial charge in [0.05, 0.1) is 0 Å². The molecule has 0 spiro atoms. The van der Waals surface area contributed by atoms with Crippen molar-refractivity contribution in [1.29, 1.82) is 0 Å². The third-order valence-electron chi connectivity index (χ3n) is 8.44. The molecule has 0 N–H and O–H groups in total. The summed E-state index contributed by atoms with van der Waals surface area (Å²) < 4.78 is 6.02. The van der Waals surface area contributed by atoms with E-state index in [-0.39, 0.29) is 24.8 Å². The maximum Gasteiger partial charge on any atom is -1.00 e. The zero-order valence-corrected chi connectivity index (χ0v) is 26.8. The van der Waals surface area contributed by atoms with Crippen LogP contribution < -0.4 is 24.8 Å². The fourth-order valence-electron chi connectivity index (χ4n) is 6.74. The fourth-order valence-corrected chi connectivity index (χ4v) is 10.8. The number of allylic oxidation sites excluding steroid dienone is 2. The third-order valence-corrected chi connectivity index (χ3v) is 12.7. The summed E-state index contributed by atoms with van der Waals surface area (Å²) in [5.41, 5.74) is 13.6. The number of fused-ring (bicyclic) bond motifs is 4. The van der Waals surface area contributed by atoms with Crippen LogP contribution in [0.4, 0.5) is 0 Å². The zero-order chi connectivity index (χ0) is 26.1. The summed E-state index contributed by atoms with van der Waals surface area (Å²) in [6.07, 6.45) is 9.80. The first-order valence-electron chi connectivity index (χ1n) is 13.7. The van der Waals surface area contributed by atoms with E-state index in [0.29, 0.717) is 7.25 Å². The summed E-state index contributed by atoms with van der Waals surface area (Å²) in [5.74, 6) is 0. The standard InChI is InChI=1S/2C18H14N.2ClH.Zr/c2*1-13-12-15-6-2-3-10-17(15)19(13)18-11-5-8-14-7-4-9-16(14)18;;;/h2*2-12H,1H3;2*1H;/q;;;;+2/p-2. The summed E-state index contributed by atoms with van der Waals surface area (Å²) >= 11 is -0.869. The van der Waals surface area contributed by atoms with Crippen LogP contribution in [0.1, 0.15) is 40.9 Å². The molecule has 0 aliphatic heterocycles. The molecule has 4 aromatic carbocycles. The molecule has 0 radical (unpaired) electrons. The molecule has 41 heavy (non-hydrogen) atoms. The number of halogens is 2. The molecule has 0 fully saturated rings. The van der Waals surface area contributed by atoms with Gasteiger partial charge in [-0.3, -0.25) is 0 Å². The second kappa shape index (κ2) is 11.0. The Bertz CT molecular complexity index is 1850. The molecule has 2 unspecified atom stereocenters. The Morgan fingerprint density at radius 2 is 0.976 bits per heavy atom. The molecular formula is C36H28Cl2N2Zr. The maximum atomic E-state index is 2.50. The van der Waals surface area contributed by atoms with Crippen LogP contribution in [0, 0.1) is 13.8 Å². The van der Waals surface area contributed by atoms with E-state index in [2.05, 4.69) is 144 Å². The molecule has 2 atom stereocenters. The second-order valence-corrected chi connectivity index (χ2v) is 14.6. The van der Waals surface area contributed by atoms with E-state index in [4.69, 9.17) is 0 Å². The number of rotatable bonds is 4. The summed E-state index contributed by atoms with van der Waals surface area (Å²) in [5, 5.41) is 2.61. The van der Waals surface area contributed by atoms with E-state index >= 15 is 0 Å². The Hall–Kier alpha value is -3.10. The average molecular weight is 651 g/mol. The summed E-state index contributed by atoms with van der Waals surface area (Å²) in [4.78, 5) is 0. The Balaban J connectivity index is 0.00000151. The molecule has 0 saturated heterocycles. The molecule has 0 bridgehead atoms. The van der Waals surface area contributed by atoms with Gasteiger partial charge in [0, 0.05) is 0 Å². The first-order valence-corrected chi connectivity index (χ1v) is 16.5. The van der Waals surface area contributed by atoms with E-state index in [1.165, 1.54) is 66.8 Å². The van der Waals surface area contributed by atoms with Gasteiger partial charge in [0.25, 0.3) is 0 Å². The molecule has 2 nitrogen and oxygen atoms in total. The molecular weight excluding hydrogens is 623 g/mol. The largest absolute Gasteiger partial charge is 1.00 e. The van der Waals surface area contributed by atoms with Crippen LogP contribution >= 0.6 is 0 Å². The summed E-state index contributed by atoms with van der Waals surface area (Å²) in [7, 11) is 0. The zero-order valence-electron chi connectivity index (χ0n) is 22.9. The molecule has 2 aliphatic rings. The Morgan fingerprint density at radius 3 is 1.44 bits per heavy atom. The predicted molar refractivity (Wildman–Crippen MR) is 160 cm³/mol. The number of hydrogen-bond acceptors (Lipinski definition) is 0. The fraction of sp³-hybridized carbons (Fsp3) is 0.111. The normalized spacial score (nSPS) is 16.3. The van der Waals surface area contributed by atoms with Crippen molar-refractivity contribution < 1.29 is 48.0 Å². The van der Waals surface area contributed by atoms with Gasteiger partial charge in [-0.25, -0.2) is 0 Å². The minimum atomic E-state index is -0.869. The van der Waals surface area contributed by atoms with Gasteiger partial charge < -0.3 is 24.8 Å². The van der Waals surface area contributed by atoms with Gasteiger partial charge in [0.15, 0.2) is 0 Å². The van der Waals surface area contributed by atoms with Crippen LogP contribution in [0.5, 0.6) is 0 Å². The molecule has 6 aromatic rings. The van der Waals surface area contributed by atoms with Crippen molar-refractivity contribution >= 4 is 34.0 Å². The van der Waals surface area contributed by atoms with Crippen LogP contribution in [0.3, 0.4) is 0 Å². The SMILES string of the molecule is Cc1cc2ccccc2n1-c1cccc2c1C=C[CH]2[Zr+2][CH]1C=Cc2c1cccc2-n1c(C)cc2ccccc21.[Cl-].[Cl-]. The van der Waals surface area contributed by atoms with Crippen molar-refractivity contribution in [1.82, 2.24) is 9.13 Å². The number of aryl methyl sites for hydroxylation is 2. The topological polar surface area (TPSA) is 9.86 Å². The maximum absolute atomic E-state index is 2.50. The smallest absolute Gasteiger partial charge is 1.00 e. The Morgan fingerprint density at radius 1 is 0.537 bits per heavy atom. The Labute approximate surface area is 264 Å². The molecule has 0 amide bonds. The van der Waals surface area contributed by atoms with Crippen LogP contribution in [0.25, 0.3) is 45.3 Å². The molecule has 0 saturated carbocycles. The first-order chi connectivity index (χ1) is 19.2. The number of nitrogens with zero attached hydrogens (tertiary/aromatic N) is 2. The Kier molecular flexibility index (Phi) is 7.49. The van der Waals surface area contributed by atoms with Crippen molar-refractivity contribution in [3.8, 4) is 11.4 Å². The van der Waals surface area contributed by atoms with Crippen molar-refractivity contribution in [3.63, 3.8) is 0 Å². The molecule has 5 heteroatoms. The minimum absolute atomic E-state index is 0. The number of hydrogen-bond donors (Lipinski definition) is 0. The van der Waals surface area contributed by atoms with E-state index in [1.54, 1.807) is 0 Å². The van der Waals surface area contributed by atoms with Gasteiger partial charge in [-0.05, 0) is 0 Å². The van der Waals surface area contributed by atoms with Gasteiger partial charge in [0.1, 0.15) is 0 Å². The van der Waals surface area contributed by atoms with Crippen molar-refractivity contribution in [2.24, 2.45) is 0 Å². The van der Waals surface area contributed by atoms with Gasteiger partial charge in [0.2, 0.25) is 0 Å². The van der Waals surface area contributed by atoms with E-state index in [9.17, 15) is 0 Å². The van der Waals surface area contributed by atoms with E-state index in [1.807, 2.05) is 0 Å². The molecule has 8 rings (SSSR count). The first kappa shape index (κ1) is 28.0. The average Bonchev–Trinajstić information content (AvgIpc) is 3.71. The van der Waals surface area contributed by atoms with Crippen molar-refractivity contribution in [2.45, 2.75) is 21.1 Å². The minimum Gasteiger partial charge on any atom is -1.00 e. The molecule has 200 valence electrons. The van der Waals surface area contributed by atoms with E-state index < -0.39 is 23.2 Å². The van der Waals surface area contributed by atoms with Crippen LogP contribution in [0.15, 0.2) is 109 Å². The van der Waals surface area contributed by atoms with Gasteiger partial charge in [-0.2, -0.15) is 0 Å². The van der Waals surface area contributed by atoms with E-state index in [0.717, 1.165) is 0 Å². The third kappa shape index (κ3) is 4.42. The van der Waals surface area contributed by atoms with Gasteiger partial charge in [-0.15, -0.1) is 0 Å². The number of benzene rings is 4. The van der Waals surface area contributed by atoms with Gasteiger partial charge in [-0.1, -0.05) is 0 Å². The van der Waals surface area contributed by atoms with Crippen molar-refractivity contribution in [2.75, 3.05) is 0 Å². The number of aromatic nitrogens is 2. The molecule has 2 aromatic heterocycles. The van der Waals surface area contributed by atoms with Crippen LogP contribution in [0.2, 0.25) is 0 Å².